The Kier molecular flexibility index (Phi) is 5.41. The molecule has 0 spiro atoms. The molecule has 1 amide bonds. The largest absolute Gasteiger partial charge is 0.329 e. The van der Waals surface area contributed by atoms with Gasteiger partial charge in [0.15, 0.2) is 0 Å². The smallest absolute Gasteiger partial charge is 0.265 e. The van der Waals surface area contributed by atoms with E-state index >= 15 is 0 Å². The van der Waals surface area contributed by atoms with Crippen molar-refractivity contribution >= 4 is 38.4 Å². The van der Waals surface area contributed by atoms with Crippen LogP contribution in [0.5, 0.6) is 0 Å². The quantitative estimate of drug-likeness (QED) is 0.334. The number of benzene rings is 3. The number of hydrogen-bond donors (Lipinski definition) is 0. The molecule has 0 radical (unpaired) electrons. The van der Waals surface area contributed by atoms with Crippen LogP contribution >= 0.6 is 11.3 Å². The summed E-state index contributed by atoms with van der Waals surface area (Å²) in [5, 5.41) is 1.57. The lowest BCUT2D eigenvalue weighted by atomic mass is 10.0. The van der Waals surface area contributed by atoms with Crippen molar-refractivity contribution in [1.29, 1.82) is 0 Å². The zero-order valence-corrected chi connectivity index (χ0v) is 20.2. The number of thiazole rings is 1. The van der Waals surface area contributed by atoms with E-state index in [0.29, 0.717) is 34.5 Å². The lowest BCUT2D eigenvalue weighted by molar-refractivity contribution is 0.0611. The average molecular weight is 481 g/mol. The SMILES string of the molecule is Cc1nc2ccccc2c(=O)n1-c1ccc(C(=O)N2CCCCC2c2nc3ccccc3s2)cc1. The maximum Gasteiger partial charge on any atom is 0.265 e. The second-order valence-electron chi connectivity index (χ2n) is 8.89. The Morgan fingerprint density at radius 3 is 2.46 bits per heavy atom. The first-order valence-electron chi connectivity index (χ1n) is 11.9. The van der Waals surface area contributed by atoms with Gasteiger partial charge in [0.05, 0.1) is 32.8 Å². The third-order valence-electron chi connectivity index (χ3n) is 6.68. The molecule has 1 aliphatic heterocycles. The molecule has 1 unspecified atom stereocenters. The second kappa shape index (κ2) is 8.74. The van der Waals surface area contributed by atoms with Gasteiger partial charge in [-0.15, -0.1) is 11.3 Å². The summed E-state index contributed by atoms with van der Waals surface area (Å²) >= 11 is 1.67. The molecular weight excluding hydrogens is 456 g/mol. The van der Waals surface area contributed by atoms with E-state index < -0.39 is 0 Å². The van der Waals surface area contributed by atoms with Crippen molar-refractivity contribution in [3.05, 3.63) is 99.5 Å². The highest BCUT2D eigenvalue weighted by molar-refractivity contribution is 7.18. The van der Waals surface area contributed by atoms with Gasteiger partial charge in [-0.05, 0) is 74.7 Å². The van der Waals surface area contributed by atoms with Crippen molar-refractivity contribution in [1.82, 2.24) is 19.4 Å². The summed E-state index contributed by atoms with van der Waals surface area (Å²) < 4.78 is 2.75. The van der Waals surface area contributed by atoms with Crippen LogP contribution in [0.4, 0.5) is 0 Å². The van der Waals surface area contributed by atoms with E-state index in [0.717, 1.165) is 34.5 Å². The van der Waals surface area contributed by atoms with Crippen LogP contribution in [0.25, 0.3) is 26.8 Å². The van der Waals surface area contributed by atoms with E-state index in [1.807, 2.05) is 72.5 Å². The van der Waals surface area contributed by atoms with Crippen molar-refractivity contribution < 1.29 is 4.79 Å². The number of likely N-dealkylation sites (tertiary alicyclic amines) is 1. The fourth-order valence-corrected chi connectivity index (χ4v) is 6.05. The maximum absolute atomic E-state index is 13.6. The molecule has 1 atom stereocenters. The van der Waals surface area contributed by atoms with Crippen molar-refractivity contribution in [2.75, 3.05) is 6.54 Å². The highest BCUT2D eigenvalue weighted by Crippen LogP contribution is 2.36. The summed E-state index contributed by atoms with van der Waals surface area (Å²) in [6.07, 6.45) is 2.99. The zero-order valence-electron chi connectivity index (χ0n) is 19.3. The molecule has 0 N–H and O–H groups in total. The van der Waals surface area contributed by atoms with Crippen molar-refractivity contribution in [2.45, 2.75) is 32.2 Å². The van der Waals surface area contributed by atoms with Gasteiger partial charge < -0.3 is 4.90 Å². The Bertz CT molecular complexity index is 1590. The molecule has 0 bridgehead atoms. The standard InChI is InChI=1S/C28H24N4O2S/c1-18-29-22-9-3-2-8-21(22)28(34)32(18)20-15-13-19(14-16-20)27(33)31-17-7-6-11-24(31)26-30-23-10-4-5-12-25(23)35-26/h2-5,8-10,12-16,24H,6-7,11,17H2,1H3. The molecule has 6 rings (SSSR count). The minimum absolute atomic E-state index is 0.00112. The van der Waals surface area contributed by atoms with Crippen LogP contribution < -0.4 is 5.56 Å². The molecule has 0 aliphatic carbocycles. The second-order valence-corrected chi connectivity index (χ2v) is 9.96. The number of para-hydroxylation sites is 2. The minimum Gasteiger partial charge on any atom is -0.329 e. The number of aromatic nitrogens is 3. The van der Waals surface area contributed by atoms with E-state index in [4.69, 9.17) is 4.98 Å². The monoisotopic (exact) mass is 480 g/mol. The number of aryl methyl sites for hydroxylation is 1. The topological polar surface area (TPSA) is 68.1 Å². The Morgan fingerprint density at radius 1 is 0.914 bits per heavy atom. The molecular formula is C28H24N4O2S. The Balaban J connectivity index is 1.32. The molecule has 1 saturated heterocycles. The van der Waals surface area contributed by atoms with Crippen LogP contribution in [-0.4, -0.2) is 31.9 Å². The number of nitrogens with zero attached hydrogens (tertiary/aromatic N) is 4. The van der Waals surface area contributed by atoms with Gasteiger partial charge in [-0.2, -0.15) is 0 Å². The predicted molar refractivity (Wildman–Crippen MR) is 139 cm³/mol. The summed E-state index contributed by atoms with van der Waals surface area (Å²) in [6, 6.07) is 22.7. The van der Waals surface area contributed by atoms with Crippen LogP contribution in [-0.2, 0) is 0 Å². The summed E-state index contributed by atoms with van der Waals surface area (Å²) in [6.45, 7) is 2.54. The molecule has 7 heteroatoms. The molecule has 3 aromatic carbocycles. The molecule has 174 valence electrons. The molecule has 3 heterocycles. The molecule has 1 aliphatic rings. The fourth-order valence-electron chi connectivity index (χ4n) is 4.93. The highest BCUT2D eigenvalue weighted by atomic mass is 32.1. The number of amides is 1. The molecule has 1 fully saturated rings. The highest BCUT2D eigenvalue weighted by Gasteiger charge is 2.31. The molecule has 35 heavy (non-hydrogen) atoms. The lowest BCUT2D eigenvalue weighted by Crippen LogP contribution is -2.38. The first kappa shape index (κ1) is 21.7. The van der Waals surface area contributed by atoms with E-state index in [1.54, 1.807) is 22.0 Å². The van der Waals surface area contributed by atoms with Crippen LogP contribution in [0, 0.1) is 6.92 Å². The van der Waals surface area contributed by atoms with E-state index in [2.05, 4.69) is 11.1 Å². The van der Waals surface area contributed by atoms with Gasteiger partial charge in [-0.3, -0.25) is 14.2 Å². The average Bonchev–Trinajstić information content (AvgIpc) is 3.33. The molecule has 6 nitrogen and oxygen atoms in total. The van der Waals surface area contributed by atoms with Crippen LogP contribution in [0.2, 0.25) is 0 Å². The van der Waals surface area contributed by atoms with Crippen LogP contribution in [0.3, 0.4) is 0 Å². The van der Waals surface area contributed by atoms with Crippen molar-refractivity contribution in [3.8, 4) is 5.69 Å². The van der Waals surface area contributed by atoms with Crippen LogP contribution in [0.15, 0.2) is 77.6 Å². The molecule has 0 saturated carbocycles. The van der Waals surface area contributed by atoms with Gasteiger partial charge in [0.1, 0.15) is 10.8 Å². The Morgan fingerprint density at radius 2 is 1.66 bits per heavy atom. The third-order valence-corrected chi connectivity index (χ3v) is 7.81. The number of hydrogen-bond acceptors (Lipinski definition) is 5. The van der Waals surface area contributed by atoms with E-state index in [9.17, 15) is 9.59 Å². The van der Waals surface area contributed by atoms with Gasteiger partial charge in [0, 0.05) is 12.1 Å². The van der Waals surface area contributed by atoms with E-state index in [-0.39, 0.29) is 17.5 Å². The Hall–Kier alpha value is -3.84. The van der Waals surface area contributed by atoms with Gasteiger partial charge in [-0.1, -0.05) is 24.3 Å². The van der Waals surface area contributed by atoms with Crippen LogP contribution in [0.1, 0.15) is 46.5 Å². The summed E-state index contributed by atoms with van der Waals surface area (Å²) in [4.78, 5) is 38.1. The first-order valence-corrected chi connectivity index (χ1v) is 12.7. The summed E-state index contributed by atoms with van der Waals surface area (Å²) in [5.74, 6) is 0.612. The van der Waals surface area contributed by atoms with E-state index in [1.165, 1.54) is 0 Å². The third kappa shape index (κ3) is 3.82. The normalized spacial score (nSPS) is 16.1. The first-order chi connectivity index (χ1) is 17.1. The minimum atomic E-state index is -0.112. The number of carbonyl (C=O) groups is 1. The summed E-state index contributed by atoms with van der Waals surface area (Å²) in [7, 11) is 0. The number of fused-ring (bicyclic) bond motifs is 2. The summed E-state index contributed by atoms with van der Waals surface area (Å²) in [5.41, 5.74) is 2.87. The maximum atomic E-state index is 13.6. The number of carbonyl (C=O) groups excluding carboxylic acids is 1. The van der Waals surface area contributed by atoms with Gasteiger partial charge >= 0.3 is 0 Å². The fraction of sp³-hybridized carbons (Fsp3) is 0.214. The number of piperidine rings is 1. The van der Waals surface area contributed by atoms with Crippen molar-refractivity contribution in [2.24, 2.45) is 0 Å². The van der Waals surface area contributed by atoms with Gasteiger partial charge in [-0.25, -0.2) is 9.97 Å². The predicted octanol–water partition coefficient (Wildman–Crippen LogP) is 5.67. The van der Waals surface area contributed by atoms with Crippen molar-refractivity contribution in [3.63, 3.8) is 0 Å². The van der Waals surface area contributed by atoms with Gasteiger partial charge in [0.2, 0.25) is 0 Å². The van der Waals surface area contributed by atoms with Gasteiger partial charge in [0.25, 0.3) is 11.5 Å². The lowest BCUT2D eigenvalue weighted by Gasteiger charge is -2.34. The zero-order chi connectivity index (χ0) is 23.9. The Labute approximate surface area is 206 Å². The molecule has 2 aromatic heterocycles. The molecule has 5 aromatic rings. The number of rotatable bonds is 3.